The molecule has 1 aromatic heterocycles. The minimum Gasteiger partial charge on any atom is -0.335 e. The van der Waals surface area contributed by atoms with Gasteiger partial charge < -0.3 is 5.32 Å². The molecule has 1 atom stereocenters. The lowest BCUT2D eigenvalue weighted by atomic mass is 10.2. The number of hydrogen-bond acceptors (Lipinski definition) is 5. The number of rotatable bonds is 7. The number of nitrogens with one attached hydrogen (secondary N) is 2. The zero-order chi connectivity index (χ0) is 19.4. The summed E-state index contributed by atoms with van der Waals surface area (Å²) in [6.07, 6.45) is 2.72. The molecule has 0 unspecified atom stereocenters. The fraction of sp³-hybridized carbons (Fsp3) is 0.444. The lowest BCUT2D eigenvalue weighted by molar-refractivity contribution is -0.117. The van der Waals surface area contributed by atoms with E-state index < -0.39 is 11.9 Å². The summed E-state index contributed by atoms with van der Waals surface area (Å²) in [5.41, 5.74) is 0.390. The molecule has 1 aliphatic carbocycles. The average molecular weight is 391 g/mol. The van der Waals surface area contributed by atoms with Gasteiger partial charge in [0.15, 0.2) is 11.0 Å². The summed E-state index contributed by atoms with van der Waals surface area (Å²) >= 11 is 1.19. The van der Waals surface area contributed by atoms with Crippen molar-refractivity contribution in [3.8, 4) is 11.4 Å². The summed E-state index contributed by atoms with van der Waals surface area (Å²) in [5.74, 6) is -0.287. The number of urea groups is 1. The second kappa shape index (κ2) is 8.51. The van der Waals surface area contributed by atoms with Gasteiger partial charge in [-0.05, 0) is 38.3 Å². The fourth-order valence-corrected chi connectivity index (χ4v) is 3.32. The molecule has 1 saturated carbocycles. The lowest BCUT2D eigenvalue weighted by Gasteiger charge is -2.12. The zero-order valence-corrected chi connectivity index (χ0v) is 16.1. The molecule has 1 aliphatic rings. The first-order valence-corrected chi connectivity index (χ1v) is 9.91. The minimum absolute atomic E-state index is 0.00764. The van der Waals surface area contributed by atoms with Crippen LogP contribution in [0.3, 0.4) is 0 Å². The van der Waals surface area contributed by atoms with Crippen LogP contribution in [-0.2, 0) is 4.79 Å². The summed E-state index contributed by atoms with van der Waals surface area (Å²) in [6.45, 7) is 3.81. The molecular weight excluding hydrogens is 369 g/mol. The highest BCUT2D eigenvalue weighted by Crippen LogP contribution is 2.41. The molecule has 0 spiro atoms. The summed E-state index contributed by atoms with van der Waals surface area (Å²) in [4.78, 5) is 23.7. The largest absolute Gasteiger partial charge is 0.335 e. The Kier molecular flexibility index (Phi) is 6.10. The summed E-state index contributed by atoms with van der Waals surface area (Å²) in [7, 11) is 0. The van der Waals surface area contributed by atoms with Crippen molar-refractivity contribution in [2.24, 2.45) is 0 Å². The number of imide groups is 1. The smallest absolute Gasteiger partial charge is 0.321 e. The monoisotopic (exact) mass is 391 g/mol. The highest BCUT2D eigenvalue weighted by Gasteiger charge is 2.31. The molecular formula is C18H22FN5O2S. The van der Waals surface area contributed by atoms with E-state index in [1.165, 1.54) is 17.8 Å². The molecule has 1 aromatic carbocycles. The van der Waals surface area contributed by atoms with Crippen molar-refractivity contribution in [3.05, 3.63) is 30.1 Å². The Balaban J connectivity index is 1.67. The fourth-order valence-electron chi connectivity index (χ4n) is 2.52. The lowest BCUT2D eigenvalue weighted by Crippen LogP contribution is -2.43. The molecule has 27 heavy (non-hydrogen) atoms. The van der Waals surface area contributed by atoms with Gasteiger partial charge in [0.1, 0.15) is 5.82 Å². The van der Waals surface area contributed by atoms with Crippen molar-refractivity contribution in [2.45, 2.75) is 50.4 Å². The molecule has 3 rings (SSSR count). The summed E-state index contributed by atoms with van der Waals surface area (Å²) in [6, 6.07) is 6.13. The van der Waals surface area contributed by atoms with Crippen LogP contribution in [0.5, 0.6) is 0 Å². The van der Waals surface area contributed by atoms with Crippen molar-refractivity contribution in [2.75, 3.05) is 5.75 Å². The van der Waals surface area contributed by atoms with Crippen molar-refractivity contribution in [1.82, 2.24) is 25.4 Å². The first kappa shape index (κ1) is 19.3. The van der Waals surface area contributed by atoms with E-state index in [4.69, 9.17) is 0 Å². The van der Waals surface area contributed by atoms with E-state index >= 15 is 0 Å². The van der Waals surface area contributed by atoms with E-state index in [1.807, 2.05) is 18.4 Å². The minimum atomic E-state index is -0.509. The molecule has 3 amide bonds. The van der Waals surface area contributed by atoms with E-state index in [2.05, 4.69) is 20.8 Å². The predicted octanol–water partition coefficient (Wildman–Crippen LogP) is 3.14. The van der Waals surface area contributed by atoms with Gasteiger partial charge in [0.05, 0.1) is 11.3 Å². The van der Waals surface area contributed by atoms with Crippen molar-refractivity contribution in [1.29, 1.82) is 0 Å². The normalized spacial score (nSPS) is 14.6. The molecule has 9 heteroatoms. The van der Waals surface area contributed by atoms with Gasteiger partial charge in [-0.1, -0.05) is 30.8 Å². The number of aromatic nitrogens is 3. The summed E-state index contributed by atoms with van der Waals surface area (Å²) in [5, 5.41) is 13.8. The first-order chi connectivity index (χ1) is 13.0. The zero-order valence-electron chi connectivity index (χ0n) is 15.2. The second-order valence-corrected chi connectivity index (χ2v) is 7.45. The van der Waals surface area contributed by atoms with Crippen molar-refractivity contribution in [3.63, 3.8) is 0 Å². The van der Waals surface area contributed by atoms with Gasteiger partial charge in [-0.15, -0.1) is 10.2 Å². The number of carbonyl (C=O) groups excluding carboxylic acids is 2. The first-order valence-electron chi connectivity index (χ1n) is 8.92. The van der Waals surface area contributed by atoms with E-state index in [-0.39, 0.29) is 23.7 Å². The molecule has 144 valence electrons. The SMILES string of the molecule is CC[C@H](C)NC(=O)NC(=O)CSc1nnc(-c2ccccc2F)n1C1CC1. The number of thioether (sulfide) groups is 1. The Morgan fingerprint density at radius 2 is 2.07 bits per heavy atom. The topological polar surface area (TPSA) is 88.9 Å². The third-order valence-electron chi connectivity index (χ3n) is 4.27. The number of nitrogens with zero attached hydrogens (tertiary/aromatic N) is 3. The second-order valence-electron chi connectivity index (χ2n) is 6.51. The molecule has 0 aliphatic heterocycles. The molecule has 0 bridgehead atoms. The van der Waals surface area contributed by atoms with Crippen LogP contribution in [0.4, 0.5) is 9.18 Å². The van der Waals surface area contributed by atoms with Crippen LogP contribution in [0, 0.1) is 5.82 Å². The Morgan fingerprint density at radius 1 is 1.33 bits per heavy atom. The van der Waals surface area contributed by atoms with Crippen LogP contribution >= 0.6 is 11.8 Å². The predicted molar refractivity (Wildman–Crippen MR) is 101 cm³/mol. The number of benzene rings is 1. The van der Waals surface area contributed by atoms with Gasteiger partial charge in [0, 0.05) is 12.1 Å². The van der Waals surface area contributed by atoms with E-state index in [0.717, 1.165) is 19.3 Å². The van der Waals surface area contributed by atoms with Gasteiger partial charge in [-0.3, -0.25) is 14.7 Å². The summed E-state index contributed by atoms with van der Waals surface area (Å²) < 4.78 is 16.0. The van der Waals surface area contributed by atoms with Crippen LogP contribution < -0.4 is 10.6 Å². The van der Waals surface area contributed by atoms with Crippen LogP contribution in [0.1, 0.15) is 39.2 Å². The van der Waals surface area contributed by atoms with Crippen LogP contribution in [0.2, 0.25) is 0 Å². The average Bonchev–Trinajstić information content (AvgIpc) is 3.39. The van der Waals surface area contributed by atoms with E-state index in [1.54, 1.807) is 18.2 Å². The maximum absolute atomic E-state index is 14.1. The van der Waals surface area contributed by atoms with Gasteiger partial charge in [0.2, 0.25) is 5.91 Å². The standard InChI is InChI=1S/C18H22FN5O2S/c1-3-11(2)20-17(26)21-15(25)10-27-18-23-22-16(24(18)12-8-9-12)13-6-4-5-7-14(13)19/h4-7,11-12H,3,8-10H2,1-2H3,(H2,20,21,25,26)/t11-/m0/s1. The highest BCUT2D eigenvalue weighted by atomic mass is 32.2. The third kappa shape index (κ3) is 4.85. The number of carbonyl (C=O) groups is 2. The maximum Gasteiger partial charge on any atom is 0.321 e. The molecule has 0 saturated heterocycles. The molecule has 0 radical (unpaired) electrons. The van der Waals surface area contributed by atoms with Crippen molar-refractivity contribution < 1.29 is 14.0 Å². The molecule has 2 aromatic rings. The van der Waals surface area contributed by atoms with Crippen LogP contribution in [0.15, 0.2) is 29.4 Å². The van der Waals surface area contributed by atoms with E-state index in [9.17, 15) is 14.0 Å². The van der Waals surface area contributed by atoms with E-state index in [0.29, 0.717) is 16.5 Å². The Morgan fingerprint density at radius 3 is 2.74 bits per heavy atom. The van der Waals surface area contributed by atoms with Gasteiger partial charge in [-0.25, -0.2) is 9.18 Å². The Labute approximate surface area is 161 Å². The molecule has 2 N–H and O–H groups in total. The quantitative estimate of drug-likeness (QED) is 0.708. The Bertz CT molecular complexity index is 837. The third-order valence-corrected chi connectivity index (χ3v) is 5.21. The van der Waals surface area contributed by atoms with Gasteiger partial charge in [0.25, 0.3) is 0 Å². The number of halogens is 1. The number of hydrogen-bond donors (Lipinski definition) is 2. The van der Waals surface area contributed by atoms with Gasteiger partial charge >= 0.3 is 6.03 Å². The highest BCUT2D eigenvalue weighted by molar-refractivity contribution is 7.99. The maximum atomic E-state index is 14.1. The van der Waals surface area contributed by atoms with Gasteiger partial charge in [-0.2, -0.15) is 0 Å². The Hall–Kier alpha value is -2.42. The van der Waals surface area contributed by atoms with Crippen molar-refractivity contribution >= 4 is 23.7 Å². The molecule has 1 fully saturated rings. The molecule has 7 nitrogen and oxygen atoms in total. The van der Waals surface area contributed by atoms with Crippen LogP contribution in [0.25, 0.3) is 11.4 Å². The van der Waals surface area contributed by atoms with Crippen LogP contribution in [-0.4, -0.2) is 38.5 Å². The molecule has 1 heterocycles. The number of amides is 3.